The fraction of sp³-hybridized carbons (Fsp3) is 0. The fourth-order valence-electron chi connectivity index (χ4n) is 2.07. The lowest BCUT2D eigenvalue weighted by Gasteiger charge is -2.05. The summed E-state index contributed by atoms with van der Waals surface area (Å²) < 4.78 is 0. The average Bonchev–Trinajstić information content (AvgIpc) is 2.56. The topological polar surface area (TPSA) is 63.1 Å². The summed E-state index contributed by atoms with van der Waals surface area (Å²) >= 11 is 0. The van der Waals surface area contributed by atoms with E-state index in [0.29, 0.717) is 0 Å². The van der Waals surface area contributed by atoms with E-state index in [1.54, 1.807) is 36.7 Å². The van der Waals surface area contributed by atoms with Crippen molar-refractivity contribution in [2.24, 2.45) is 0 Å². The van der Waals surface area contributed by atoms with Gasteiger partial charge in [0.2, 0.25) is 0 Å². The molecule has 3 rings (SSSR count). The van der Waals surface area contributed by atoms with Crippen molar-refractivity contribution in [3.63, 3.8) is 0 Å². The first kappa shape index (κ1) is 13.0. The zero-order valence-electron chi connectivity index (χ0n) is 11.1. The predicted octanol–water partition coefficient (Wildman–Crippen LogP) is 3.51. The molecule has 0 fully saturated rings. The molecule has 0 aliphatic heterocycles. The molecule has 1 N–H and O–H groups in total. The Kier molecular flexibility index (Phi) is 3.43. The molecule has 0 unspecified atom stereocenters. The van der Waals surface area contributed by atoms with Crippen molar-refractivity contribution in [2.75, 3.05) is 0 Å². The molecule has 2 aromatic heterocycles. The van der Waals surface area contributed by atoms with E-state index < -0.39 is 5.97 Å². The second kappa shape index (κ2) is 5.54. The minimum absolute atomic E-state index is 0.276. The molecule has 4 heteroatoms. The van der Waals surface area contributed by atoms with Crippen molar-refractivity contribution < 1.29 is 9.90 Å². The van der Waals surface area contributed by atoms with Crippen LogP contribution in [0, 0.1) is 0 Å². The lowest BCUT2D eigenvalue weighted by molar-refractivity contribution is 0.0697. The zero-order chi connectivity index (χ0) is 14.7. The highest BCUT2D eigenvalue weighted by molar-refractivity contribution is 5.88. The minimum atomic E-state index is -0.926. The summed E-state index contributed by atoms with van der Waals surface area (Å²) in [7, 11) is 0. The van der Waals surface area contributed by atoms with Gasteiger partial charge in [-0.2, -0.15) is 0 Å². The van der Waals surface area contributed by atoms with Crippen molar-refractivity contribution in [1.82, 2.24) is 9.97 Å². The highest BCUT2D eigenvalue weighted by atomic mass is 16.4. The maximum atomic E-state index is 10.9. The van der Waals surface area contributed by atoms with Gasteiger partial charge >= 0.3 is 5.97 Å². The fourth-order valence-corrected chi connectivity index (χ4v) is 2.07. The Morgan fingerprint density at radius 3 is 2.24 bits per heavy atom. The van der Waals surface area contributed by atoms with Gasteiger partial charge in [-0.3, -0.25) is 9.97 Å². The third kappa shape index (κ3) is 2.79. The van der Waals surface area contributed by atoms with Crippen LogP contribution in [0.4, 0.5) is 0 Å². The molecule has 0 amide bonds. The first-order chi connectivity index (χ1) is 10.2. The summed E-state index contributed by atoms with van der Waals surface area (Å²) in [4.78, 5) is 19.5. The third-order valence-electron chi connectivity index (χ3n) is 3.15. The average molecular weight is 276 g/mol. The van der Waals surface area contributed by atoms with E-state index >= 15 is 0 Å². The van der Waals surface area contributed by atoms with E-state index in [9.17, 15) is 4.79 Å². The van der Waals surface area contributed by atoms with Gasteiger partial charge in [-0.05, 0) is 47.5 Å². The molecule has 3 aromatic rings. The lowest BCUT2D eigenvalue weighted by atomic mass is 10.0. The molecule has 0 spiro atoms. The Balaban J connectivity index is 1.98. The van der Waals surface area contributed by atoms with Gasteiger partial charge in [0.25, 0.3) is 0 Å². The maximum absolute atomic E-state index is 10.9. The Labute approximate surface area is 121 Å². The lowest BCUT2D eigenvalue weighted by Crippen LogP contribution is -1.95. The first-order valence-corrected chi connectivity index (χ1v) is 6.45. The third-order valence-corrected chi connectivity index (χ3v) is 3.15. The van der Waals surface area contributed by atoms with E-state index in [1.165, 1.54) is 0 Å². The number of hydrogen-bond donors (Lipinski definition) is 1. The number of rotatable bonds is 3. The van der Waals surface area contributed by atoms with Crippen LogP contribution in [0.2, 0.25) is 0 Å². The normalized spacial score (nSPS) is 10.3. The summed E-state index contributed by atoms with van der Waals surface area (Å²) in [6.45, 7) is 0. The summed E-state index contributed by atoms with van der Waals surface area (Å²) in [5.41, 5.74) is 3.79. The molecule has 1 aromatic carbocycles. The number of pyridine rings is 2. The molecule has 0 saturated heterocycles. The molecule has 0 aliphatic carbocycles. The van der Waals surface area contributed by atoms with Crippen LogP contribution in [-0.2, 0) is 0 Å². The molecule has 0 atom stereocenters. The van der Waals surface area contributed by atoms with Crippen molar-refractivity contribution in [2.45, 2.75) is 0 Å². The molecule has 21 heavy (non-hydrogen) atoms. The van der Waals surface area contributed by atoms with E-state index in [1.807, 2.05) is 30.3 Å². The van der Waals surface area contributed by atoms with Crippen molar-refractivity contribution in [3.8, 4) is 22.5 Å². The largest absolute Gasteiger partial charge is 0.478 e. The number of aromatic carboxylic acids is 1. The Hall–Kier alpha value is -3.01. The first-order valence-electron chi connectivity index (χ1n) is 6.45. The number of aromatic nitrogens is 2. The van der Waals surface area contributed by atoms with Gasteiger partial charge in [0.15, 0.2) is 0 Å². The van der Waals surface area contributed by atoms with Crippen LogP contribution < -0.4 is 0 Å². The molecule has 0 saturated carbocycles. The van der Waals surface area contributed by atoms with Crippen LogP contribution in [0.15, 0.2) is 67.0 Å². The molecule has 0 bridgehead atoms. The van der Waals surface area contributed by atoms with Gasteiger partial charge in [0.1, 0.15) is 0 Å². The summed E-state index contributed by atoms with van der Waals surface area (Å²) in [5.74, 6) is -0.926. The highest BCUT2D eigenvalue weighted by Crippen LogP contribution is 2.23. The van der Waals surface area contributed by atoms with E-state index in [-0.39, 0.29) is 5.56 Å². The molecule has 0 aliphatic rings. The zero-order valence-corrected chi connectivity index (χ0v) is 11.1. The smallest absolute Gasteiger partial charge is 0.335 e. The van der Waals surface area contributed by atoms with Gasteiger partial charge in [0, 0.05) is 12.4 Å². The van der Waals surface area contributed by atoms with Crippen LogP contribution in [0.25, 0.3) is 22.5 Å². The number of hydrogen-bond acceptors (Lipinski definition) is 3. The molecule has 0 radical (unpaired) electrons. The van der Waals surface area contributed by atoms with E-state index in [4.69, 9.17) is 5.11 Å². The number of carboxylic acids is 1. The number of carboxylic acid groups (broad SMARTS) is 1. The number of nitrogens with zero attached hydrogens (tertiary/aromatic N) is 2. The monoisotopic (exact) mass is 276 g/mol. The van der Waals surface area contributed by atoms with E-state index in [2.05, 4.69) is 9.97 Å². The molecular formula is C17H12N2O2. The second-order valence-corrected chi connectivity index (χ2v) is 4.53. The van der Waals surface area contributed by atoms with Crippen molar-refractivity contribution >= 4 is 5.97 Å². The standard InChI is InChI=1S/C17H12N2O2/c20-17(21)13-6-4-12(5-7-13)14-8-10-19-16(11-14)15-3-1-2-9-18-15/h1-11H,(H,20,21). The van der Waals surface area contributed by atoms with Crippen LogP contribution in [0.1, 0.15) is 10.4 Å². The van der Waals surface area contributed by atoms with Gasteiger partial charge in [-0.1, -0.05) is 18.2 Å². The van der Waals surface area contributed by atoms with Crippen LogP contribution in [-0.4, -0.2) is 21.0 Å². The van der Waals surface area contributed by atoms with Gasteiger partial charge in [-0.15, -0.1) is 0 Å². The molecule has 2 heterocycles. The molecule has 4 nitrogen and oxygen atoms in total. The summed E-state index contributed by atoms with van der Waals surface area (Å²) in [6.07, 6.45) is 3.45. The quantitative estimate of drug-likeness (QED) is 0.795. The van der Waals surface area contributed by atoms with Crippen LogP contribution in [0.5, 0.6) is 0 Å². The molecule has 102 valence electrons. The van der Waals surface area contributed by atoms with Crippen LogP contribution in [0.3, 0.4) is 0 Å². The van der Waals surface area contributed by atoms with Crippen molar-refractivity contribution in [1.29, 1.82) is 0 Å². The number of benzene rings is 1. The highest BCUT2D eigenvalue weighted by Gasteiger charge is 2.05. The summed E-state index contributed by atoms with van der Waals surface area (Å²) in [5, 5.41) is 8.92. The van der Waals surface area contributed by atoms with Crippen molar-refractivity contribution in [3.05, 3.63) is 72.6 Å². The van der Waals surface area contributed by atoms with Crippen LogP contribution >= 0.6 is 0 Å². The van der Waals surface area contributed by atoms with E-state index in [0.717, 1.165) is 22.5 Å². The predicted molar refractivity (Wildman–Crippen MR) is 79.9 cm³/mol. The Morgan fingerprint density at radius 1 is 0.810 bits per heavy atom. The molecular weight excluding hydrogens is 264 g/mol. The SMILES string of the molecule is O=C(O)c1ccc(-c2ccnc(-c3ccccn3)c2)cc1. The van der Waals surface area contributed by atoms with Gasteiger partial charge in [0.05, 0.1) is 17.0 Å². The Morgan fingerprint density at radius 2 is 1.57 bits per heavy atom. The summed E-state index contributed by atoms with van der Waals surface area (Å²) in [6, 6.07) is 16.3. The maximum Gasteiger partial charge on any atom is 0.335 e. The second-order valence-electron chi connectivity index (χ2n) is 4.53. The van der Waals surface area contributed by atoms with Gasteiger partial charge < -0.3 is 5.11 Å². The van der Waals surface area contributed by atoms with Gasteiger partial charge in [-0.25, -0.2) is 4.79 Å². The minimum Gasteiger partial charge on any atom is -0.478 e. The number of carbonyl (C=O) groups is 1. The Bertz CT molecular complexity index is 768.